The number of nitrogens with one attached hydrogen (secondary N) is 1. The molecule has 0 aromatic carbocycles. The van der Waals surface area contributed by atoms with E-state index in [1.54, 1.807) is 0 Å². The van der Waals surface area contributed by atoms with Gasteiger partial charge in [0, 0.05) is 32.4 Å². The number of nitrogens with zero attached hydrogens (tertiary/aromatic N) is 2. The summed E-state index contributed by atoms with van der Waals surface area (Å²) in [5.74, 6) is 1.48. The number of hydrogen-bond donors (Lipinski definition) is 1. The van der Waals surface area contributed by atoms with Gasteiger partial charge in [0.25, 0.3) is 0 Å². The predicted molar refractivity (Wildman–Crippen MR) is 90.1 cm³/mol. The fourth-order valence-electron chi connectivity index (χ4n) is 2.06. The van der Waals surface area contributed by atoms with Crippen molar-refractivity contribution in [1.29, 1.82) is 0 Å². The number of rotatable bonds is 10. The summed E-state index contributed by atoms with van der Waals surface area (Å²) < 4.78 is 5.43. The average molecular weight is 293 g/mol. The van der Waals surface area contributed by atoms with E-state index >= 15 is 0 Å². The van der Waals surface area contributed by atoms with Gasteiger partial charge in [-0.3, -0.25) is 0 Å². The number of hydrogen-bond acceptors (Lipinski definition) is 4. The van der Waals surface area contributed by atoms with E-state index in [1.807, 2.05) is 6.92 Å². The molecule has 0 aliphatic carbocycles. The van der Waals surface area contributed by atoms with Crippen LogP contribution >= 0.6 is 0 Å². The lowest BCUT2D eigenvalue weighted by Gasteiger charge is -2.21. The molecule has 0 fully saturated rings. The van der Waals surface area contributed by atoms with Crippen LogP contribution in [0.2, 0.25) is 0 Å². The Morgan fingerprint density at radius 1 is 1.29 bits per heavy atom. The summed E-state index contributed by atoms with van der Waals surface area (Å²) in [6, 6.07) is 4.40. The third-order valence-electron chi connectivity index (χ3n) is 3.41. The largest absolute Gasteiger partial charge is 0.380 e. The Bertz CT molecular complexity index is 407. The zero-order chi connectivity index (χ0) is 15.7. The molecule has 0 bridgehead atoms. The molecule has 1 N–H and O–H groups in total. The summed E-state index contributed by atoms with van der Waals surface area (Å²) in [7, 11) is 2.08. The molecule has 1 heterocycles. The molecule has 0 spiro atoms. The molecule has 0 aliphatic rings. The second-order valence-electron chi connectivity index (χ2n) is 5.71. The van der Waals surface area contributed by atoms with Crippen LogP contribution < -0.4 is 10.2 Å². The van der Waals surface area contributed by atoms with Crippen molar-refractivity contribution in [1.82, 2.24) is 10.3 Å². The SMILES string of the molecule is CCCNCc1cc(C(C)C)nc(N(C)CCOCC)c1. The summed E-state index contributed by atoms with van der Waals surface area (Å²) in [6.45, 7) is 12.9. The molecular formula is C17H31N3O. The normalized spacial score (nSPS) is 11.1. The van der Waals surface area contributed by atoms with Crippen molar-refractivity contribution in [2.45, 2.75) is 46.6 Å². The number of anilines is 1. The van der Waals surface area contributed by atoms with Crippen LogP contribution in [0, 0.1) is 0 Å². The number of likely N-dealkylation sites (N-methyl/N-ethyl adjacent to an activating group) is 1. The molecule has 120 valence electrons. The summed E-state index contributed by atoms with van der Waals surface area (Å²) in [5, 5.41) is 3.46. The topological polar surface area (TPSA) is 37.4 Å². The van der Waals surface area contributed by atoms with E-state index in [-0.39, 0.29) is 0 Å². The molecule has 21 heavy (non-hydrogen) atoms. The maximum absolute atomic E-state index is 5.43. The van der Waals surface area contributed by atoms with Gasteiger partial charge in [-0.25, -0.2) is 4.98 Å². The highest BCUT2D eigenvalue weighted by molar-refractivity contribution is 5.42. The van der Waals surface area contributed by atoms with E-state index in [1.165, 1.54) is 5.56 Å². The Morgan fingerprint density at radius 2 is 2.05 bits per heavy atom. The van der Waals surface area contributed by atoms with Gasteiger partial charge in [0.05, 0.1) is 6.61 Å². The molecule has 1 aromatic heterocycles. The second-order valence-corrected chi connectivity index (χ2v) is 5.71. The standard InChI is InChI=1S/C17H31N3O/c1-6-8-18-13-15-11-16(14(3)4)19-17(12-15)20(5)9-10-21-7-2/h11-12,14,18H,6-10,13H2,1-5H3. The lowest BCUT2D eigenvalue weighted by Crippen LogP contribution is -2.24. The lowest BCUT2D eigenvalue weighted by atomic mass is 10.1. The minimum Gasteiger partial charge on any atom is -0.380 e. The molecule has 4 nitrogen and oxygen atoms in total. The van der Waals surface area contributed by atoms with Crippen LogP contribution in [0.4, 0.5) is 5.82 Å². The van der Waals surface area contributed by atoms with E-state index in [9.17, 15) is 0 Å². The minimum absolute atomic E-state index is 0.440. The van der Waals surface area contributed by atoms with Gasteiger partial charge in [0.1, 0.15) is 5.82 Å². The zero-order valence-electron chi connectivity index (χ0n) is 14.3. The third-order valence-corrected chi connectivity index (χ3v) is 3.41. The number of ether oxygens (including phenoxy) is 1. The molecule has 0 amide bonds. The van der Waals surface area contributed by atoms with Crippen LogP contribution in [0.15, 0.2) is 12.1 Å². The molecule has 0 saturated carbocycles. The molecule has 0 radical (unpaired) electrons. The fourth-order valence-corrected chi connectivity index (χ4v) is 2.06. The molecule has 0 unspecified atom stereocenters. The quantitative estimate of drug-likeness (QED) is 0.672. The highest BCUT2D eigenvalue weighted by Gasteiger charge is 2.09. The van der Waals surface area contributed by atoms with Gasteiger partial charge in [-0.15, -0.1) is 0 Å². The van der Waals surface area contributed by atoms with Gasteiger partial charge in [0.15, 0.2) is 0 Å². The van der Waals surface area contributed by atoms with Crippen molar-refractivity contribution in [2.75, 3.05) is 38.3 Å². The van der Waals surface area contributed by atoms with Crippen LogP contribution in [0.3, 0.4) is 0 Å². The summed E-state index contributed by atoms with van der Waals surface area (Å²) >= 11 is 0. The number of pyridine rings is 1. The van der Waals surface area contributed by atoms with Crippen molar-refractivity contribution in [2.24, 2.45) is 0 Å². The van der Waals surface area contributed by atoms with Crippen LogP contribution in [0.5, 0.6) is 0 Å². The van der Waals surface area contributed by atoms with Gasteiger partial charge in [-0.05, 0) is 43.5 Å². The Kier molecular flexibility index (Phi) is 8.31. The van der Waals surface area contributed by atoms with E-state index in [2.05, 4.69) is 50.2 Å². The first kappa shape index (κ1) is 17.9. The summed E-state index contributed by atoms with van der Waals surface area (Å²) in [4.78, 5) is 6.95. The van der Waals surface area contributed by atoms with E-state index in [4.69, 9.17) is 9.72 Å². The molecule has 0 atom stereocenters. The Labute approximate surface area is 129 Å². The van der Waals surface area contributed by atoms with Crippen molar-refractivity contribution in [3.05, 3.63) is 23.4 Å². The Morgan fingerprint density at radius 3 is 2.67 bits per heavy atom. The van der Waals surface area contributed by atoms with Crippen molar-refractivity contribution < 1.29 is 4.74 Å². The Balaban J connectivity index is 2.80. The van der Waals surface area contributed by atoms with Crippen LogP contribution in [0.1, 0.15) is 51.3 Å². The molecule has 0 aliphatic heterocycles. The zero-order valence-corrected chi connectivity index (χ0v) is 14.3. The number of aromatic nitrogens is 1. The third kappa shape index (κ3) is 6.44. The molecule has 4 heteroatoms. The maximum Gasteiger partial charge on any atom is 0.128 e. The fraction of sp³-hybridized carbons (Fsp3) is 0.706. The molecular weight excluding hydrogens is 262 g/mol. The maximum atomic E-state index is 5.43. The first-order valence-electron chi connectivity index (χ1n) is 8.08. The van der Waals surface area contributed by atoms with E-state index in [0.29, 0.717) is 5.92 Å². The monoisotopic (exact) mass is 293 g/mol. The highest BCUT2D eigenvalue weighted by atomic mass is 16.5. The van der Waals surface area contributed by atoms with Crippen molar-refractivity contribution >= 4 is 5.82 Å². The van der Waals surface area contributed by atoms with Crippen LogP contribution in [0.25, 0.3) is 0 Å². The van der Waals surface area contributed by atoms with Crippen LogP contribution in [-0.2, 0) is 11.3 Å². The lowest BCUT2D eigenvalue weighted by molar-refractivity contribution is 0.154. The minimum atomic E-state index is 0.440. The van der Waals surface area contributed by atoms with Crippen molar-refractivity contribution in [3.63, 3.8) is 0 Å². The smallest absolute Gasteiger partial charge is 0.128 e. The first-order valence-corrected chi connectivity index (χ1v) is 8.08. The van der Waals surface area contributed by atoms with Gasteiger partial charge in [-0.2, -0.15) is 0 Å². The predicted octanol–water partition coefficient (Wildman–Crippen LogP) is 3.18. The molecule has 1 rings (SSSR count). The van der Waals surface area contributed by atoms with Crippen LogP contribution in [-0.4, -0.2) is 38.3 Å². The molecule has 0 saturated heterocycles. The molecule has 1 aromatic rings. The van der Waals surface area contributed by atoms with Gasteiger partial charge >= 0.3 is 0 Å². The van der Waals surface area contributed by atoms with E-state index < -0.39 is 0 Å². The van der Waals surface area contributed by atoms with Crippen molar-refractivity contribution in [3.8, 4) is 0 Å². The van der Waals surface area contributed by atoms with Gasteiger partial charge < -0.3 is 15.0 Å². The average Bonchev–Trinajstić information content (AvgIpc) is 2.47. The van der Waals surface area contributed by atoms with Gasteiger partial charge in [0.2, 0.25) is 0 Å². The summed E-state index contributed by atoms with van der Waals surface area (Å²) in [6.07, 6.45) is 1.16. The highest BCUT2D eigenvalue weighted by Crippen LogP contribution is 2.19. The van der Waals surface area contributed by atoms with E-state index in [0.717, 1.165) is 50.8 Å². The van der Waals surface area contributed by atoms with Gasteiger partial charge in [-0.1, -0.05) is 20.8 Å². The Hall–Kier alpha value is -1.13. The second kappa shape index (κ2) is 9.74. The summed E-state index contributed by atoms with van der Waals surface area (Å²) in [5.41, 5.74) is 2.46. The first-order chi connectivity index (χ1) is 10.1.